The minimum atomic E-state index is -0.409. The lowest BCUT2D eigenvalue weighted by atomic mass is 10.1. The fourth-order valence-electron chi connectivity index (χ4n) is 3.22. The molecule has 1 aliphatic heterocycles. The predicted octanol–water partition coefficient (Wildman–Crippen LogP) is 5.27. The SMILES string of the molecule is Cc1ccc(COc2ccc(/C=C3/NC(=O)N(Cc4ccccc4)C3=O)cc2I)cc1. The van der Waals surface area contributed by atoms with Gasteiger partial charge in [0, 0.05) is 0 Å². The maximum atomic E-state index is 12.7. The van der Waals surface area contributed by atoms with Crippen molar-refractivity contribution in [1.29, 1.82) is 0 Å². The van der Waals surface area contributed by atoms with Crippen molar-refractivity contribution in [3.05, 3.63) is 104 Å². The quantitative estimate of drug-likeness (QED) is 0.272. The van der Waals surface area contributed by atoms with Gasteiger partial charge in [0.25, 0.3) is 5.91 Å². The van der Waals surface area contributed by atoms with Gasteiger partial charge in [-0.05, 0) is 64.4 Å². The summed E-state index contributed by atoms with van der Waals surface area (Å²) in [7, 11) is 0. The predicted molar refractivity (Wildman–Crippen MR) is 128 cm³/mol. The Morgan fingerprint density at radius 2 is 1.71 bits per heavy atom. The van der Waals surface area contributed by atoms with Gasteiger partial charge in [-0.1, -0.05) is 66.2 Å². The largest absolute Gasteiger partial charge is 0.488 e. The van der Waals surface area contributed by atoms with E-state index in [-0.39, 0.29) is 18.1 Å². The molecule has 0 aromatic heterocycles. The van der Waals surface area contributed by atoms with Crippen LogP contribution in [0.3, 0.4) is 0 Å². The molecule has 0 bridgehead atoms. The summed E-state index contributed by atoms with van der Waals surface area (Å²) in [6.45, 7) is 2.78. The van der Waals surface area contributed by atoms with Gasteiger partial charge in [-0.15, -0.1) is 0 Å². The molecule has 3 amide bonds. The molecule has 6 heteroatoms. The Labute approximate surface area is 194 Å². The summed E-state index contributed by atoms with van der Waals surface area (Å²) in [5, 5.41) is 2.67. The van der Waals surface area contributed by atoms with Crippen molar-refractivity contribution in [3.63, 3.8) is 0 Å². The van der Waals surface area contributed by atoms with Crippen LogP contribution in [0.4, 0.5) is 4.79 Å². The van der Waals surface area contributed by atoms with Gasteiger partial charge in [-0.3, -0.25) is 9.69 Å². The van der Waals surface area contributed by atoms with Gasteiger partial charge in [-0.25, -0.2) is 4.79 Å². The number of hydrogen-bond donors (Lipinski definition) is 1. The topological polar surface area (TPSA) is 58.6 Å². The third-order valence-electron chi connectivity index (χ3n) is 4.93. The van der Waals surface area contributed by atoms with E-state index < -0.39 is 6.03 Å². The number of rotatable bonds is 6. The maximum Gasteiger partial charge on any atom is 0.329 e. The molecule has 0 spiro atoms. The molecule has 1 heterocycles. The van der Waals surface area contributed by atoms with E-state index in [4.69, 9.17) is 4.74 Å². The van der Waals surface area contributed by atoms with E-state index >= 15 is 0 Å². The molecule has 0 atom stereocenters. The number of carbonyl (C=O) groups is 2. The third kappa shape index (κ3) is 5.14. The van der Waals surface area contributed by atoms with E-state index in [0.29, 0.717) is 6.61 Å². The van der Waals surface area contributed by atoms with Crippen molar-refractivity contribution in [2.24, 2.45) is 0 Å². The molecule has 1 N–H and O–H groups in total. The first-order chi connectivity index (χ1) is 15.0. The Balaban J connectivity index is 1.44. The Kier molecular flexibility index (Phi) is 6.36. The summed E-state index contributed by atoms with van der Waals surface area (Å²) in [5.41, 5.74) is 4.30. The number of ether oxygens (including phenoxy) is 1. The molecule has 3 aromatic carbocycles. The lowest BCUT2D eigenvalue weighted by Crippen LogP contribution is -2.30. The Morgan fingerprint density at radius 1 is 0.968 bits per heavy atom. The van der Waals surface area contributed by atoms with Crippen LogP contribution in [0.1, 0.15) is 22.3 Å². The number of urea groups is 1. The zero-order chi connectivity index (χ0) is 21.8. The highest BCUT2D eigenvalue weighted by molar-refractivity contribution is 14.1. The Bertz CT molecular complexity index is 1140. The van der Waals surface area contributed by atoms with E-state index in [1.54, 1.807) is 6.08 Å². The molecule has 0 radical (unpaired) electrons. The van der Waals surface area contributed by atoms with Crippen molar-refractivity contribution in [3.8, 4) is 5.75 Å². The molecule has 0 unspecified atom stereocenters. The first-order valence-corrected chi connectivity index (χ1v) is 10.9. The van der Waals surface area contributed by atoms with Crippen LogP contribution in [0.25, 0.3) is 6.08 Å². The van der Waals surface area contributed by atoms with Crippen molar-refractivity contribution in [2.45, 2.75) is 20.1 Å². The van der Waals surface area contributed by atoms with Crippen molar-refractivity contribution in [1.82, 2.24) is 10.2 Å². The third-order valence-corrected chi connectivity index (χ3v) is 5.77. The van der Waals surface area contributed by atoms with Crippen LogP contribution >= 0.6 is 22.6 Å². The molecule has 1 aliphatic rings. The second kappa shape index (κ2) is 9.34. The smallest absolute Gasteiger partial charge is 0.329 e. The summed E-state index contributed by atoms with van der Waals surface area (Å²) in [6.07, 6.45) is 1.69. The molecule has 3 aromatic rings. The van der Waals surface area contributed by atoms with Crippen LogP contribution < -0.4 is 10.1 Å². The standard InChI is InChI=1S/C25H21IN2O3/c1-17-7-9-19(10-8-17)16-31-23-12-11-20(13-21(23)26)14-22-24(29)28(25(30)27-22)15-18-5-3-2-4-6-18/h2-14H,15-16H2,1H3,(H,27,30)/b22-14+. The summed E-state index contributed by atoms with van der Waals surface area (Å²) >= 11 is 2.21. The normalized spacial score (nSPS) is 14.8. The van der Waals surface area contributed by atoms with Crippen LogP contribution in [-0.4, -0.2) is 16.8 Å². The Morgan fingerprint density at radius 3 is 2.42 bits per heavy atom. The van der Waals surface area contributed by atoms with E-state index in [2.05, 4.69) is 59.1 Å². The minimum absolute atomic E-state index is 0.242. The van der Waals surface area contributed by atoms with Crippen LogP contribution in [0.2, 0.25) is 0 Å². The van der Waals surface area contributed by atoms with E-state index in [1.807, 2.05) is 48.5 Å². The second-order valence-electron chi connectivity index (χ2n) is 7.33. The second-order valence-corrected chi connectivity index (χ2v) is 8.49. The van der Waals surface area contributed by atoms with E-state index in [9.17, 15) is 9.59 Å². The summed E-state index contributed by atoms with van der Waals surface area (Å²) in [4.78, 5) is 26.2. The molecule has 5 nitrogen and oxygen atoms in total. The highest BCUT2D eigenvalue weighted by atomic mass is 127. The van der Waals surface area contributed by atoms with Crippen LogP contribution in [-0.2, 0) is 17.9 Å². The molecule has 0 saturated carbocycles. The van der Waals surface area contributed by atoms with Gasteiger partial charge >= 0.3 is 6.03 Å². The molecule has 1 fully saturated rings. The number of halogens is 1. The number of benzene rings is 3. The zero-order valence-electron chi connectivity index (χ0n) is 17.0. The molecular formula is C25H21IN2O3. The highest BCUT2D eigenvalue weighted by Gasteiger charge is 2.33. The van der Waals surface area contributed by atoms with Crippen LogP contribution in [0, 0.1) is 10.5 Å². The monoisotopic (exact) mass is 524 g/mol. The van der Waals surface area contributed by atoms with Gasteiger partial charge in [0.2, 0.25) is 0 Å². The number of imide groups is 1. The number of hydrogen-bond acceptors (Lipinski definition) is 3. The van der Waals surface area contributed by atoms with Crippen molar-refractivity contribution >= 4 is 40.6 Å². The lowest BCUT2D eigenvalue weighted by molar-refractivity contribution is -0.123. The number of nitrogens with one attached hydrogen (secondary N) is 1. The van der Waals surface area contributed by atoms with Crippen LogP contribution in [0.5, 0.6) is 5.75 Å². The van der Waals surface area contributed by atoms with E-state index in [0.717, 1.165) is 26.0 Å². The fraction of sp³-hybridized carbons (Fsp3) is 0.120. The zero-order valence-corrected chi connectivity index (χ0v) is 19.1. The number of carbonyl (C=O) groups excluding carboxylic acids is 2. The molecule has 4 rings (SSSR count). The van der Waals surface area contributed by atoms with Gasteiger partial charge in [0.05, 0.1) is 10.1 Å². The first kappa shape index (κ1) is 21.1. The van der Waals surface area contributed by atoms with Gasteiger partial charge in [0.1, 0.15) is 18.1 Å². The molecular weight excluding hydrogens is 503 g/mol. The lowest BCUT2D eigenvalue weighted by Gasteiger charge is -2.11. The van der Waals surface area contributed by atoms with Gasteiger partial charge in [0.15, 0.2) is 0 Å². The van der Waals surface area contributed by atoms with Crippen molar-refractivity contribution in [2.75, 3.05) is 0 Å². The average molecular weight is 524 g/mol. The number of amides is 3. The molecule has 31 heavy (non-hydrogen) atoms. The molecule has 0 aliphatic carbocycles. The summed E-state index contributed by atoms with van der Waals surface area (Å²) < 4.78 is 6.86. The maximum absolute atomic E-state index is 12.7. The van der Waals surface area contributed by atoms with E-state index in [1.165, 1.54) is 10.5 Å². The fourth-order valence-corrected chi connectivity index (χ4v) is 3.91. The number of nitrogens with zero attached hydrogens (tertiary/aromatic N) is 1. The van der Waals surface area contributed by atoms with Crippen LogP contribution in [0.15, 0.2) is 78.5 Å². The number of aryl methyl sites for hydroxylation is 1. The molecule has 1 saturated heterocycles. The van der Waals surface area contributed by atoms with Gasteiger partial charge < -0.3 is 10.1 Å². The molecule has 156 valence electrons. The van der Waals surface area contributed by atoms with Gasteiger partial charge in [-0.2, -0.15) is 0 Å². The first-order valence-electron chi connectivity index (χ1n) is 9.86. The average Bonchev–Trinajstić information content (AvgIpc) is 3.02. The Hall–Kier alpha value is -3.13. The summed E-state index contributed by atoms with van der Waals surface area (Å²) in [6, 6.07) is 22.9. The van der Waals surface area contributed by atoms with Crippen molar-refractivity contribution < 1.29 is 14.3 Å². The highest BCUT2D eigenvalue weighted by Crippen LogP contribution is 2.25. The summed E-state index contributed by atoms with van der Waals surface area (Å²) in [5.74, 6) is 0.444. The minimum Gasteiger partial charge on any atom is -0.488 e.